The van der Waals surface area contributed by atoms with E-state index in [0.717, 1.165) is 48.9 Å². The van der Waals surface area contributed by atoms with Gasteiger partial charge in [-0.15, -0.1) is 0 Å². The van der Waals surface area contributed by atoms with Crippen LogP contribution in [0.1, 0.15) is 33.1 Å². The predicted octanol–water partition coefficient (Wildman–Crippen LogP) is 4.19. The molecule has 0 N–H and O–H groups in total. The summed E-state index contributed by atoms with van der Waals surface area (Å²) in [5.74, 6) is 2.45. The Morgan fingerprint density at radius 1 is 1.00 bits per heavy atom. The maximum atomic E-state index is 12.6. The summed E-state index contributed by atoms with van der Waals surface area (Å²) in [6.07, 6.45) is 3.52. The van der Waals surface area contributed by atoms with Crippen LogP contribution in [0.25, 0.3) is 10.8 Å². The highest BCUT2D eigenvalue weighted by Crippen LogP contribution is 2.27. The van der Waals surface area contributed by atoms with E-state index in [1.54, 1.807) is 0 Å². The van der Waals surface area contributed by atoms with E-state index < -0.39 is 0 Å². The standard InChI is InChI=1S/C24H32N2O2/c1-18-13-19(2)16-26(15-18)22-9-11-25(12-10-22)24(27)17-28-23-8-7-20-5-3-4-6-21(20)14-23/h3-8,14,18-19,22H,9-13,15-17H2,1-2H3. The highest BCUT2D eigenvalue weighted by molar-refractivity contribution is 5.84. The molecule has 4 rings (SSSR count). The first-order valence-electron chi connectivity index (χ1n) is 10.7. The monoisotopic (exact) mass is 380 g/mol. The fourth-order valence-corrected chi connectivity index (χ4v) is 4.98. The molecule has 150 valence electrons. The van der Waals surface area contributed by atoms with E-state index in [-0.39, 0.29) is 12.5 Å². The molecule has 2 atom stereocenters. The lowest BCUT2D eigenvalue weighted by atomic mass is 9.89. The van der Waals surface area contributed by atoms with Crippen LogP contribution in [0.2, 0.25) is 0 Å². The molecule has 2 aromatic carbocycles. The average molecular weight is 381 g/mol. The molecule has 0 spiro atoms. The van der Waals surface area contributed by atoms with Crippen LogP contribution in [0.5, 0.6) is 5.75 Å². The molecule has 2 fully saturated rings. The molecule has 2 unspecified atom stereocenters. The summed E-state index contributed by atoms with van der Waals surface area (Å²) < 4.78 is 5.80. The lowest BCUT2D eigenvalue weighted by Crippen LogP contribution is -2.51. The molecule has 0 radical (unpaired) electrons. The van der Waals surface area contributed by atoms with Gasteiger partial charge in [0, 0.05) is 32.2 Å². The number of fused-ring (bicyclic) bond motifs is 1. The molecule has 2 aromatic rings. The number of benzene rings is 2. The van der Waals surface area contributed by atoms with Crippen molar-refractivity contribution in [1.29, 1.82) is 0 Å². The molecular formula is C24H32N2O2. The lowest BCUT2D eigenvalue weighted by Gasteiger charge is -2.43. The fraction of sp³-hybridized carbons (Fsp3) is 0.542. The minimum absolute atomic E-state index is 0.104. The summed E-state index contributed by atoms with van der Waals surface area (Å²) in [6.45, 7) is 8.99. The third-order valence-electron chi connectivity index (χ3n) is 6.31. The molecule has 1 amide bonds. The highest BCUT2D eigenvalue weighted by Gasteiger charge is 2.31. The van der Waals surface area contributed by atoms with E-state index in [2.05, 4.69) is 30.9 Å². The molecule has 0 saturated carbocycles. The highest BCUT2D eigenvalue weighted by atomic mass is 16.5. The van der Waals surface area contributed by atoms with E-state index in [1.807, 2.05) is 35.2 Å². The van der Waals surface area contributed by atoms with Crippen molar-refractivity contribution in [3.8, 4) is 5.75 Å². The van der Waals surface area contributed by atoms with Gasteiger partial charge in [-0.05, 0) is 54.0 Å². The summed E-state index contributed by atoms with van der Waals surface area (Å²) in [5.41, 5.74) is 0. The Morgan fingerprint density at radius 2 is 1.68 bits per heavy atom. The third-order valence-corrected chi connectivity index (χ3v) is 6.31. The lowest BCUT2D eigenvalue weighted by molar-refractivity contribution is -0.135. The van der Waals surface area contributed by atoms with Gasteiger partial charge in [-0.3, -0.25) is 9.69 Å². The summed E-state index contributed by atoms with van der Waals surface area (Å²) in [5, 5.41) is 2.32. The van der Waals surface area contributed by atoms with Gasteiger partial charge in [0.25, 0.3) is 5.91 Å². The summed E-state index contributed by atoms with van der Waals surface area (Å²) in [4.78, 5) is 17.3. The first kappa shape index (κ1) is 19.3. The molecular weight excluding hydrogens is 348 g/mol. The number of carbonyl (C=O) groups is 1. The SMILES string of the molecule is CC1CC(C)CN(C2CCN(C(=O)COc3ccc4ccccc4c3)CC2)C1. The molecule has 0 bridgehead atoms. The number of piperidine rings is 2. The van der Waals surface area contributed by atoms with Crippen molar-refractivity contribution in [2.75, 3.05) is 32.8 Å². The Hall–Kier alpha value is -2.07. The number of hydrogen-bond acceptors (Lipinski definition) is 3. The Labute approximate surface area is 168 Å². The number of hydrogen-bond donors (Lipinski definition) is 0. The molecule has 28 heavy (non-hydrogen) atoms. The Morgan fingerprint density at radius 3 is 2.39 bits per heavy atom. The molecule has 4 heteroatoms. The summed E-state index contributed by atoms with van der Waals surface area (Å²) in [7, 11) is 0. The minimum Gasteiger partial charge on any atom is -0.484 e. The average Bonchev–Trinajstić information content (AvgIpc) is 2.71. The number of amides is 1. The van der Waals surface area contributed by atoms with Gasteiger partial charge >= 0.3 is 0 Å². The molecule has 2 aliphatic rings. The largest absolute Gasteiger partial charge is 0.484 e. The second-order valence-corrected chi connectivity index (χ2v) is 8.81. The number of rotatable bonds is 4. The van der Waals surface area contributed by atoms with E-state index >= 15 is 0 Å². The molecule has 2 heterocycles. The zero-order valence-corrected chi connectivity index (χ0v) is 17.1. The van der Waals surface area contributed by atoms with Crippen LogP contribution in [0.15, 0.2) is 42.5 Å². The van der Waals surface area contributed by atoms with Gasteiger partial charge < -0.3 is 9.64 Å². The van der Waals surface area contributed by atoms with E-state index in [4.69, 9.17) is 4.74 Å². The first-order chi connectivity index (χ1) is 13.6. The number of likely N-dealkylation sites (tertiary alicyclic amines) is 2. The van der Waals surface area contributed by atoms with Crippen molar-refractivity contribution >= 4 is 16.7 Å². The Balaban J connectivity index is 1.26. The van der Waals surface area contributed by atoms with Crippen molar-refractivity contribution in [2.45, 2.75) is 39.2 Å². The predicted molar refractivity (Wildman–Crippen MR) is 114 cm³/mol. The molecule has 2 saturated heterocycles. The van der Waals surface area contributed by atoms with Gasteiger partial charge in [0.2, 0.25) is 0 Å². The number of ether oxygens (including phenoxy) is 1. The molecule has 0 aromatic heterocycles. The van der Waals surface area contributed by atoms with Gasteiger partial charge in [0.05, 0.1) is 0 Å². The maximum Gasteiger partial charge on any atom is 0.260 e. The smallest absolute Gasteiger partial charge is 0.260 e. The number of carbonyl (C=O) groups excluding carboxylic acids is 1. The zero-order chi connectivity index (χ0) is 19.5. The van der Waals surface area contributed by atoms with Crippen LogP contribution in [-0.4, -0.2) is 54.5 Å². The van der Waals surface area contributed by atoms with Crippen LogP contribution in [0.3, 0.4) is 0 Å². The van der Waals surface area contributed by atoms with Crippen LogP contribution in [-0.2, 0) is 4.79 Å². The van der Waals surface area contributed by atoms with Gasteiger partial charge in [0.1, 0.15) is 5.75 Å². The van der Waals surface area contributed by atoms with Crippen molar-refractivity contribution in [3.05, 3.63) is 42.5 Å². The molecule has 2 aliphatic heterocycles. The van der Waals surface area contributed by atoms with Gasteiger partial charge in [-0.1, -0.05) is 44.2 Å². The van der Waals surface area contributed by atoms with Crippen molar-refractivity contribution < 1.29 is 9.53 Å². The zero-order valence-electron chi connectivity index (χ0n) is 17.1. The Bertz CT molecular complexity index is 803. The van der Waals surface area contributed by atoms with E-state index in [1.165, 1.54) is 24.9 Å². The third kappa shape index (κ3) is 4.49. The number of nitrogens with zero attached hydrogens (tertiary/aromatic N) is 2. The van der Waals surface area contributed by atoms with Crippen LogP contribution in [0, 0.1) is 11.8 Å². The van der Waals surface area contributed by atoms with Crippen molar-refractivity contribution in [2.24, 2.45) is 11.8 Å². The Kier molecular flexibility index (Phi) is 5.86. The van der Waals surface area contributed by atoms with Gasteiger partial charge in [-0.25, -0.2) is 0 Å². The summed E-state index contributed by atoms with van der Waals surface area (Å²) in [6, 6.07) is 14.8. The quantitative estimate of drug-likeness (QED) is 0.797. The van der Waals surface area contributed by atoms with Crippen LogP contribution >= 0.6 is 0 Å². The molecule has 0 aliphatic carbocycles. The summed E-state index contributed by atoms with van der Waals surface area (Å²) >= 11 is 0. The normalized spacial score (nSPS) is 24.4. The fourth-order valence-electron chi connectivity index (χ4n) is 4.98. The van der Waals surface area contributed by atoms with Crippen molar-refractivity contribution in [3.63, 3.8) is 0 Å². The second kappa shape index (κ2) is 8.52. The van der Waals surface area contributed by atoms with Gasteiger partial charge in [-0.2, -0.15) is 0 Å². The second-order valence-electron chi connectivity index (χ2n) is 8.81. The van der Waals surface area contributed by atoms with E-state index in [9.17, 15) is 4.79 Å². The van der Waals surface area contributed by atoms with Gasteiger partial charge in [0.15, 0.2) is 6.61 Å². The van der Waals surface area contributed by atoms with Crippen LogP contribution < -0.4 is 4.74 Å². The maximum absolute atomic E-state index is 12.6. The van der Waals surface area contributed by atoms with E-state index in [0.29, 0.717) is 6.04 Å². The topological polar surface area (TPSA) is 32.8 Å². The molecule has 4 nitrogen and oxygen atoms in total. The van der Waals surface area contributed by atoms with Crippen molar-refractivity contribution in [1.82, 2.24) is 9.80 Å². The van der Waals surface area contributed by atoms with Crippen LogP contribution in [0.4, 0.5) is 0 Å². The minimum atomic E-state index is 0.104. The first-order valence-corrected chi connectivity index (χ1v) is 10.7.